The molecule has 27 heavy (non-hydrogen) atoms. The van der Waals surface area contributed by atoms with E-state index < -0.39 is 11.5 Å². The topological polar surface area (TPSA) is 101 Å². The third-order valence-corrected chi connectivity index (χ3v) is 4.92. The van der Waals surface area contributed by atoms with Crippen LogP contribution in [0.4, 0.5) is 11.4 Å². The van der Waals surface area contributed by atoms with Crippen LogP contribution in [0.3, 0.4) is 0 Å². The van der Waals surface area contributed by atoms with Crippen molar-refractivity contribution in [1.82, 2.24) is 4.98 Å². The number of aromatic nitrogens is 1. The number of fused-ring (bicyclic) bond motifs is 1. The molecule has 2 aliphatic heterocycles. The van der Waals surface area contributed by atoms with Crippen molar-refractivity contribution in [3.63, 3.8) is 0 Å². The van der Waals surface area contributed by atoms with Crippen LogP contribution in [0, 0.1) is 5.92 Å². The van der Waals surface area contributed by atoms with Crippen LogP contribution in [0.2, 0.25) is 0 Å². The molecular formula is C18H16BrN3O5. The fourth-order valence-electron chi connectivity index (χ4n) is 3.12. The van der Waals surface area contributed by atoms with Crippen molar-refractivity contribution in [3.8, 4) is 11.5 Å². The zero-order valence-electron chi connectivity index (χ0n) is 14.2. The Hall–Kier alpha value is -2.81. The lowest BCUT2D eigenvalue weighted by molar-refractivity contribution is -0.122. The summed E-state index contributed by atoms with van der Waals surface area (Å²) in [6.07, 6.45) is 1.56. The normalized spacial score (nSPS) is 18.5. The molecule has 1 saturated heterocycles. The van der Waals surface area contributed by atoms with Crippen LogP contribution in [-0.4, -0.2) is 36.6 Å². The van der Waals surface area contributed by atoms with Crippen molar-refractivity contribution in [2.75, 3.05) is 30.0 Å². The van der Waals surface area contributed by atoms with Crippen LogP contribution >= 0.6 is 15.9 Å². The Bertz CT molecular complexity index is 974. The summed E-state index contributed by atoms with van der Waals surface area (Å²) in [5.74, 6) is 0.144. The van der Waals surface area contributed by atoms with Crippen molar-refractivity contribution in [1.29, 1.82) is 0 Å². The van der Waals surface area contributed by atoms with E-state index in [-0.39, 0.29) is 30.5 Å². The van der Waals surface area contributed by atoms with Crippen LogP contribution in [0.5, 0.6) is 11.5 Å². The molecule has 3 heterocycles. The number of halogens is 1. The number of rotatable bonds is 3. The minimum absolute atomic E-state index is 0.0756. The first kappa shape index (κ1) is 17.6. The van der Waals surface area contributed by atoms with Crippen molar-refractivity contribution in [2.24, 2.45) is 5.92 Å². The Morgan fingerprint density at radius 1 is 1.19 bits per heavy atom. The second-order valence-electron chi connectivity index (χ2n) is 6.28. The molecule has 4 rings (SSSR count). The van der Waals surface area contributed by atoms with Crippen molar-refractivity contribution >= 4 is 39.1 Å². The van der Waals surface area contributed by atoms with E-state index in [1.54, 1.807) is 23.1 Å². The number of benzene rings is 1. The first-order valence-electron chi connectivity index (χ1n) is 8.40. The lowest BCUT2D eigenvalue weighted by Gasteiger charge is -2.22. The third kappa shape index (κ3) is 3.55. The molecule has 2 aromatic rings. The molecular weight excluding hydrogens is 418 g/mol. The van der Waals surface area contributed by atoms with Crippen LogP contribution in [0.1, 0.15) is 6.42 Å². The number of carbonyl (C=O) groups excluding carboxylic acids is 2. The molecule has 1 atom stereocenters. The Morgan fingerprint density at radius 3 is 2.78 bits per heavy atom. The van der Waals surface area contributed by atoms with Gasteiger partial charge in [-0.15, -0.1) is 0 Å². The Morgan fingerprint density at radius 2 is 1.96 bits per heavy atom. The minimum Gasteiger partial charge on any atom is -0.486 e. The number of nitrogens with zero attached hydrogens (tertiary/aromatic N) is 1. The largest absolute Gasteiger partial charge is 0.486 e. The van der Waals surface area contributed by atoms with E-state index in [1.165, 1.54) is 12.3 Å². The second-order valence-corrected chi connectivity index (χ2v) is 7.20. The molecule has 8 nitrogen and oxygen atoms in total. The summed E-state index contributed by atoms with van der Waals surface area (Å²) in [7, 11) is 0. The van der Waals surface area contributed by atoms with Gasteiger partial charge in [-0.2, -0.15) is 0 Å². The maximum Gasteiger partial charge on any atom is 0.271 e. The average Bonchev–Trinajstić information content (AvgIpc) is 3.06. The van der Waals surface area contributed by atoms with Gasteiger partial charge in [0.25, 0.3) is 5.56 Å². The number of carbonyl (C=O) groups is 2. The van der Waals surface area contributed by atoms with E-state index in [4.69, 9.17) is 9.47 Å². The van der Waals surface area contributed by atoms with Gasteiger partial charge in [-0.1, -0.05) is 0 Å². The number of aromatic amines is 1. The number of amides is 2. The van der Waals surface area contributed by atoms with Gasteiger partial charge >= 0.3 is 0 Å². The summed E-state index contributed by atoms with van der Waals surface area (Å²) in [6.45, 7) is 1.18. The van der Waals surface area contributed by atoms with Gasteiger partial charge in [0.15, 0.2) is 11.5 Å². The zero-order chi connectivity index (χ0) is 19.0. The van der Waals surface area contributed by atoms with Crippen molar-refractivity contribution in [3.05, 3.63) is 45.3 Å². The number of hydrogen-bond acceptors (Lipinski definition) is 5. The fourth-order valence-corrected chi connectivity index (χ4v) is 3.46. The van der Waals surface area contributed by atoms with Gasteiger partial charge in [0.05, 0.1) is 5.92 Å². The highest BCUT2D eigenvalue weighted by Crippen LogP contribution is 2.36. The molecule has 2 aliphatic rings. The van der Waals surface area contributed by atoms with E-state index in [0.29, 0.717) is 34.9 Å². The molecule has 140 valence electrons. The predicted octanol–water partition coefficient (Wildman–Crippen LogP) is 1.90. The molecule has 1 unspecified atom stereocenters. The molecule has 9 heteroatoms. The van der Waals surface area contributed by atoms with Crippen LogP contribution in [0.15, 0.2) is 39.7 Å². The fraction of sp³-hybridized carbons (Fsp3) is 0.278. The number of nitrogens with one attached hydrogen (secondary N) is 2. The summed E-state index contributed by atoms with van der Waals surface area (Å²) in [5, 5.41) is 2.60. The van der Waals surface area contributed by atoms with Crippen molar-refractivity contribution in [2.45, 2.75) is 6.42 Å². The Kier molecular flexibility index (Phi) is 4.61. The van der Waals surface area contributed by atoms with Gasteiger partial charge in [-0.05, 0) is 34.1 Å². The monoisotopic (exact) mass is 433 g/mol. The van der Waals surface area contributed by atoms with E-state index in [9.17, 15) is 14.4 Å². The number of H-pyrrole nitrogens is 1. The highest BCUT2D eigenvalue weighted by molar-refractivity contribution is 9.10. The second kappa shape index (κ2) is 7.07. The predicted molar refractivity (Wildman–Crippen MR) is 101 cm³/mol. The summed E-state index contributed by atoms with van der Waals surface area (Å²) < 4.78 is 11.7. The number of anilines is 2. The maximum absolute atomic E-state index is 12.5. The summed E-state index contributed by atoms with van der Waals surface area (Å²) in [5.41, 5.74) is 0.388. The maximum atomic E-state index is 12.5. The molecule has 0 spiro atoms. The molecule has 1 aromatic carbocycles. The van der Waals surface area contributed by atoms with E-state index in [1.807, 2.05) is 0 Å². The first-order chi connectivity index (χ1) is 13.0. The first-order valence-corrected chi connectivity index (χ1v) is 9.19. The van der Waals surface area contributed by atoms with Gasteiger partial charge in [0, 0.05) is 35.4 Å². The number of pyridine rings is 1. The Labute approximate surface area is 162 Å². The van der Waals surface area contributed by atoms with Crippen LogP contribution in [0.25, 0.3) is 0 Å². The lowest BCUT2D eigenvalue weighted by atomic mass is 10.1. The molecule has 0 bridgehead atoms. The number of ether oxygens (including phenoxy) is 2. The van der Waals surface area contributed by atoms with Crippen LogP contribution < -0.4 is 25.2 Å². The standard InChI is InChI=1S/C18H16BrN3O5/c19-11-6-13(18(25)20-8-11)21-17(24)10-5-16(23)22(9-10)12-1-2-14-15(7-12)27-4-3-26-14/h1-2,6-8,10H,3-5,9H2,(H,20,25)(H,21,24). The summed E-state index contributed by atoms with van der Waals surface area (Å²) in [6, 6.07) is 6.79. The third-order valence-electron chi connectivity index (χ3n) is 4.46. The minimum atomic E-state index is -0.552. The molecule has 2 N–H and O–H groups in total. The highest BCUT2D eigenvalue weighted by atomic mass is 79.9. The molecule has 0 radical (unpaired) electrons. The zero-order valence-corrected chi connectivity index (χ0v) is 15.7. The van der Waals surface area contributed by atoms with Crippen LogP contribution in [-0.2, 0) is 9.59 Å². The number of hydrogen-bond donors (Lipinski definition) is 2. The van der Waals surface area contributed by atoms with E-state index >= 15 is 0 Å². The molecule has 0 aliphatic carbocycles. The van der Waals surface area contributed by atoms with Gasteiger partial charge < -0.3 is 24.7 Å². The smallest absolute Gasteiger partial charge is 0.271 e. The molecule has 1 fully saturated rings. The van der Waals surface area contributed by atoms with E-state index in [0.717, 1.165) is 0 Å². The summed E-state index contributed by atoms with van der Waals surface area (Å²) >= 11 is 3.24. The molecule has 0 saturated carbocycles. The molecule has 2 amide bonds. The van der Waals surface area contributed by atoms with Gasteiger partial charge in [-0.25, -0.2) is 0 Å². The van der Waals surface area contributed by atoms with Gasteiger partial charge in [0.2, 0.25) is 11.8 Å². The average molecular weight is 434 g/mol. The van der Waals surface area contributed by atoms with E-state index in [2.05, 4.69) is 26.2 Å². The quantitative estimate of drug-likeness (QED) is 0.769. The van der Waals surface area contributed by atoms with Crippen molar-refractivity contribution < 1.29 is 19.1 Å². The van der Waals surface area contributed by atoms with Gasteiger partial charge in [-0.3, -0.25) is 14.4 Å². The lowest BCUT2D eigenvalue weighted by Crippen LogP contribution is -2.29. The molecule has 1 aromatic heterocycles. The SMILES string of the molecule is O=C(Nc1cc(Br)c[nH]c1=O)C1CC(=O)N(c2ccc3c(c2)OCCO3)C1. The highest BCUT2D eigenvalue weighted by Gasteiger charge is 2.35. The Balaban J connectivity index is 1.49. The van der Waals surface area contributed by atoms with Gasteiger partial charge in [0.1, 0.15) is 18.9 Å². The summed E-state index contributed by atoms with van der Waals surface area (Å²) in [4.78, 5) is 40.8.